The van der Waals surface area contributed by atoms with Crippen LogP contribution in [0.3, 0.4) is 0 Å². The van der Waals surface area contributed by atoms with E-state index in [4.69, 9.17) is 11.6 Å². The van der Waals surface area contributed by atoms with Crippen molar-refractivity contribution in [2.75, 3.05) is 24.3 Å². The zero-order valence-electron chi connectivity index (χ0n) is 10.8. The molecule has 1 heterocycles. The molecule has 0 radical (unpaired) electrons. The van der Waals surface area contributed by atoms with Gasteiger partial charge in [-0.25, -0.2) is 0 Å². The Bertz CT molecular complexity index is 603. The standard InChI is InChI=1S/C12H13BrClN5/c1-7-5-4-6-8(9(7)13)15-11-16-10(14)17-12(18-11)19(2)3/h4-6H,1-3H3,(H,15,16,17,18). The molecule has 0 saturated carbocycles. The molecular weight excluding hydrogens is 330 g/mol. The summed E-state index contributed by atoms with van der Waals surface area (Å²) in [7, 11) is 3.69. The van der Waals surface area contributed by atoms with Crippen LogP contribution in [-0.4, -0.2) is 29.0 Å². The molecule has 7 heteroatoms. The van der Waals surface area contributed by atoms with Crippen LogP contribution < -0.4 is 10.2 Å². The van der Waals surface area contributed by atoms with E-state index in [0.29, 0.717) is 11.9 Å². The average molecular weight is 343 g/mol. The number of rotatable bonds is 3. The van der Waals surface area contributed by atoms with Gasteiger partial charge in [0.05, 0.1) is 5.69 Å². The van der Waals surface area contributed by atoms with Crippen molar-refractivity contribution in [1.82, 2.24) is 15.0 Å². The second-order valence-electron chi connectivity index (χ2n) is 4.18. The van der Waals surface area contributed by atoms with Gasteiger partial charge in [-0.05, 0) is 46.1 Å². The number of aromatic nitrogens is 3. The number of anilines is 3. The minimum absolute atomic E-state index is 0.157. The number of nitrogens with zero attached hydrogens (tertiary/aromatic N) is 4. The number of hydrogen-bond donors (Lipinski definition) is 1. The molecule has 1 aromatic heterocycles. The van der Waals surface area contributed by atoms with E-state index in [9.17, 15) is 0 Å². The van der Waals surface area contributed by atoms with Crippen LogP contribution in [0.5, 0.6) is 0 Å². The third-order valence-electron chi connectivity index (χ3n) is 2.43. The number of aryl methyl sites for hydroxylation is 1. The molecule has 0 aliphatic carbocycles. The van der Waals surface area contributed by atoms with Crippen LogP contribution in [-0.2, 0) is 0 Å². The van der Waals surface area contributed by atoms with Gasteiger partial charge in [0, 0.05) is 18.6 Å². The maximum Gasteiger partial charge on any atom is 0.233 e. The quantitative estimate of drug-likeness (QED) is 0.926. The number of benzene rings is 1. The van der Waals surface area contributed by atoms with Gasteiger partial charge >= 0.3 is 0 Å². The maximum absolute atomic E-state index is 5.89. The number of halogens is 2. The number of nitrogens with one attached hydrogen (secondary N) is 1. The zero-order chi connectivity index (χ0) is 14.0. The first-order valence-electron chi connectivity index (χ1n) is 5.58. The molecule has 0 bridgehead atoms. The SMILES string of the molecule is Cc1cccc(Nc2nc(Cl)nc(N(C)C)n2)c1Br. The first kappa shape index (κ1) is 14.0. The van der Waals surface area contributed by atoms with Crippen LogP contribution >= 0.6 is 27.5 Å². The highest BCUT2D eigenvalue weighted by Crippen LogP contribution is 2.28. The van der Waals surface area contributed by atoms with Gasteiger partial charge in [0.15, 0.2) is 0 Å². The highest BCUT2D eigenvalue weighted by atomic mass is 79.9. The van der Waals surface area contributed by atoms with Crippen molar-refractivity contribution < 1.29 is 0 Å². The predicted octanol–water partition coefficient (Wildman–Crippen LogP) is 3.41. The molecule has 0 fully saturated rings. The summed E-state index contributed by atoms with van der Waals surface area (Å²) in [6.45, 7) is 2.01. The number of hydrogen-bond acceptors (Lipinski definition) is 5. The van der Waals surface area contributed by atoms with Gasteiger partial charge in [0.1, 0.15) is 0 Å². The minimum Gasteiger partial charge on any atom is -0.347 e. The molecule has 0 aliphatic rings. The van der Waals surface area contributed by atoms with E-state index < -0.39 is 0 Å². The normalized spacial score (nSPS) is 10.4. The summed E-state index contributed by atoms with van der Waals surface area (Å²) in [4.78, 5) is 14.2. The summed E-state index contributed by atoms with van der Waals surface area (Å²) in [6.07, 6.45) is 0. The molecule has 5 nitrogen and oxygen atoms in total. The molecule has 0 unspecified atom stereocenters. The Labute approximate surface area is 125 Å². The van der Waals surface area contributed by atoms with Crippen LogP contribution in [0, 0.1) is 6.92 Å². The second kappa shape index (κ2) is 5.71. The summed E-state index contributed by atoms with van der Waals surface area (Å²) < 4.78 is 0.970. The van der Waals surface area contributed by atoms with Gasteiger partial charge in [-0.1, -0.05) is 12.1 Å². The molecule has 2 rings (SSSR count). The molecule has 0 aliphatic heterocycles. The monoisotopic (exact) mass is 341 g/mol. The van der Waals surface area contributed by atoms with Crippen molar-refractivity contribution in [3.8, 4) is 0 Å². The second-order valence-corrected chi connectivity index (χ2v) is 5.31. The van der Waals surface area contributed by atoms with Crippen molar-refractivity contribution in [2.45, 2.75) is 6.92 Å². The van der Waals surface area contributed by atoms with E-state index in [2.05, 4.69) is 36.2 Å². The molecule has 0 atom stereocenters. The van der Waals surface area contributed by atoms with Crippen LogP contribution in [0.1, 0.15) is 5.56 Å². The van der Waals surface area contributed by atoms with Crippen LogP contribution in [0.15, 0.2) is 22.7 Å². The van der Waals surface area contributed by atoms with Crippen LogP contribution in [0.2, 0.25) is 5.28 Å². The minimum atomic E-state index is 0.157. The molecule has 0 saturated heterocycles. The third kappa shape index (κ3) is 3.33. The Kier molecular flexibility index (Phi) is 4.21. The molecule has 2 aromatic rings. The molecule has 0 spiro atoms. The average Bonchev–Trinajstić information content (AvgIpc) is 2.34. The lowest BCUT2D eigenvalue weighted by molar-refractivity contribution is 0.961. The summed E-state index contributed by atoms with van der Waals surface area (Å²) in [5, 5.41) is 3.29. The van der Waals surface area contributed by atoms with E-state index >= 15 is 0 Å². The lowest BCUT2D eigenvalue weighted by Gasteiger charge is -2.13. The van der Waals surface area contributed by atoms with Gasteiger partial charge in [-0.3, -0.25) is 0 Å². The van der Waals surface area contributed by atoms with Crippen molar-refractivity contribution in [3.05, 3.63) is 33.5 Å². The smallest absolute Gasteiger partial charge is 0.233 e. The Hall–Kier alpha value is -1.40. The summed E-state index contributed by atoms with van der Waals surface area (Å²) in [5.74, 6) is 0.918. The molecule has 0 amide bonds. The topological polar surface area (TPSA) is 53.9 Å². The molecular formula is C12H13BrClN5. The summed E-state index contributed by atoms with van der Waals surface area (Å²) in [5.41, 5.74) is 2.00. The van der Waals surface area contributed by atoms with E-state index in [1.165, 1.54) is 0 Å². The van der Waals surface area contributed by atoms with Gasteiger partial charge in [0.2, 0.25) is 17.2 Å². The molecule has 1 N–H and O–H groups in total. The predicted molar refractivity (Wildman–Crippen MR) is 81.3 cm³/mol. The van der Waals surface area contributed by atoms with Crippen molar-refractivity contribution >= 4 is 45.1 Å². The van der Waals surface area contributed by atoms with E-state index in [0.717, 1.165) is 15.7 Å². The Balaban J connectivity index is 2.35. The van der Waals surface area contributed by atoms with Gasteiger partial charge < -0.3 is 10.2 Å². The Morgan fingerprint density at radius 2 is 1.95 bits per heavy atom. The summed E-state index contributed by atoms with van der Waals surface area (Å²) >= 11 is 9.42. The maximum atomic E-state index is 5.89. The van der Waals surface area contributed by atoms with E-state index in [1.807, 2.05) is 39.2 Å². The molecule has 1 aromatic carbocycles. The van der Waals surface area contributed by atoms with E-state index in [1.54, 1.807) is 4.90 Å². The van der Waals surface area contributed by atoms with Gasteiger partial charge in [-0.15, -0.1) is 0 Å². The first-order valence-corrected chi connectivity index (χ1v) is 6.75. The zero-order valence-corrected chi connectivity index (χ0v) is 13.1. The Morgan fingerprint density at radius 3 is 2.63 bits per heavy atom. The van der Waals surface area contributed by atoms with Crippen molar-refractivity contribution in [3.63, 3.8) is 0 Å². The van der Waals surface area contributed by atoms with Gasteiger partial charge in [-0.2, -0.15) is 15.0 Å². The lowest BCUT2D eigenvalue weighted by atomic mass is 10.2. The summed E-state index contributed by atoms with van der Waals surface area (Å²) in [6, 6.07) is 5.91. The first-order chi connectivity index (χ1) is 8.97. The molecule has 100 valence electrons. The highest BCUT2D eigenvalue weighted by Gasteiger charge is 2.09. The fourth-order valence-corrected chi connectivity index (χ4v) is 1.98. The largest absolute Gasteiger partial charge is 0.347 e. The fourth-order valence-electron chi connectivity index (χ4n) is 1.46. The van der Waals surface area contributed by atoms with Crippen molar-refractivity contribution in [2.24, 2.45) is 0 Å². The van der Waals surface area contributed by atoms with Crippen LogP contribution in [0.4, 0.5) is 17.6 Å². The fraction of sp³-hybridized carbons (Fsp3) is 0.250. The van der Waals surface area contributed by atoms with Gasteiger partial charge in [0.25, 0.3) is 0 Å². The third-order valence-corrected chi connectivity index (χ3v) is 3.66. The highest BCUT2D eigenvalue weighted by molar-refractivity contribution is 9.10. The van der Waals surface area contributed by atoms with Crippen molar-refractivity contribution in [1.29, 1.82) is 0 Å². The molecule has 19 heavy (non-hydrogen) atoms. The van der Waals surface area contributed by atoms with E-state index in [-0.39, 0.29) is 5.28 Å². The van der Waals surface area contributed by atoms with Crippen LogP contribution in [0.25, 0.3) is 0 Å². The Morgan fingerprint density at radius 1 is 1.21 bits per heavy atom. The lowest BCUT2D eigenvalue weighted by Crippen LogP contribution is -2.14.